The van der Waals surface area contributed by atoms with Gasteiger partial charge in [-0.15, -0.1) is 13.2 Å². The predicted octanol–water partition coefficient (Wildman–Crippen LogP) is 5.51. The smallest absolute Gasteiger partial charge is 0.313 e. The topological polar surface area (TPSA) is 125 Å². The van der Waals surface area contributed by atoms with Gasteiger partial charge in [0.2, 0.25) is 11.8 Å². The first kappa shape index (κ1) is 37.0. The molecule has 3 amide bonds. The second-order valence-corrected chi connectivity index (χ2v) is 14.2. The third-order valence-corrected chi connectivity index (χ3v) is 11.2. The van der Waals surface area contributed by atoms with Crippen molar-refractivity contribution in [3.63, 3.8) is 0 Å². The molecule has 274 valence electrons. The third-order valence-electron chi connectivity index (χ3n) is 11.2. The Morgan fingerprint density at radius 2 is 1.81 bits per heavy atom. The Labute approximate surface area is 305 Å². The molecule has 8 atom stereocenters. The first-order valence-electron chi connectivity index (χ1n) is 18.3. The Morgan fingerprint density at radius 3 is 2.50 bits per heavy atom. The van der Waals surface area contributed by atoms with Gasteiger partial charge in [-0.2, -0.15) is 0 Å². The van der Waals surface area contributed by atoms with Crippen molar-refractivity contribution in [3.05, 3.63) is 104 Å². The monoisotopic (exact) mass is 707 g/mol. The maximum atomic E-state index is 15.1. The van der Waals surface area contributed by atoms with E-state index in [2.05, 4.69) is 18.5 Å². The van der Waals surface area contributed by atoms with Gasteiger partial charge in [-0.3, -0.25) is 19.2 Å². The molecule has 1 spiro atoms. The Hall–Kier alpha value is -4.80. The maximum Gasteiger partial charge on any atom is 0.313 e. The molecule has 2 bridgehead atoms. The Morgan fingerprint density at radius 1 is 1.08 bits per heavy atom. The number of hydrogen-bond donors (Lipinski definition) is 2. The van der Waals surface area contributed by atoms with Crippen molar-refractivity contribution in [2.24, 2.45) is 17.8 Å². The van der Waals surface area contributed by atoms with Crippen LogP contribution in [0.3, 0.4) is 0 Å². The highest BCUT2D eigenvalue weighted by Crippen LogP contribution is 2.59. The molecule has 3 aliphatic rings. The van der Waals surface area contributed by atoms with Crippen molar-refractivity contribution in [2.75, 3.05) is 24.6 Å². The molecule has 3 aromatic carbocycles. The van der Waals surface area contributed by atoms with E-state index in [1.807, 2.05) is 86.6 Å². The number of ether oxygens (including phenoxy) is 2. The highest BCUT2D eigenvalue weighted by Gasteiger charge is 2.76. The standard InChI is InChI=1S/C42H49N3O7/c1-5-8-18-35(47)43-25-34(29-15-10-9-11-16-29)51-41(50)36-33-21-22-42(52-33)37(36)39(48)45(32(26-46)27(4)7-3)38(42)40(49)44(23-6-2)31-20-19-28-14-12-13-17-30(28)24-31/h5-6,9-17,19-20,24,27,32-34,36-38,46H,1-2,7-8,18,21-23,25-26H2,3-4H3,(H,43,47)/t27-,32-,33-,34+,36+,37+,38-,42+/m0/s1. The molecular weight excluding hydrogens is 658 g/mol. The number of amides is 3. The molecule has 0 unspecified atom stereocenters. The average molecular weight is 708 g/mol. The van der Waals surface area contributed by atoms with Gasteiger partial charge >= 0.3 is 5.97 Å². The van der Waals surface area contributed by atoms with Crippen molar-refractivity contribution < 1.29 is 33.8 Å². The fraction of sp³-hybridized carbons (Fsp3) is 0.429. The number of carbonyl (C=O) groups excluding carboxylic acids is 4. The summed E-state index contributed by atoms with van der Waals surface area (Å²) in [4.78, 5) is 60.0. The maximum absolute atomic E-state index is 15.1. The van der Waals surface area contributed by atoms with Gasteiger partial charge in [0.05, 0.1) is 37.1 Å². The Kier molecular flexibility index (Phi) is 11.3. The first-order chi connectivity index (χ1) is 25.2. The largest absolute Gasteiger partial charge is 0.455 e. The van der Waals surface area contributed by atoms with E-state index in [1.165, 1.54) is 4.90 Å². The lowest BCUT2D eigenvalue weighted by atomic mass is 9.70. The van der Waals surface area contributed by atoms with Gasteiger partial charge in [0.1, 0.15) is 17.7 Å². The van der Waals surface area contributed by atoms with E-state index in [-0.39, 0.29) is 43.8 Å². The number of nitrogens with zero attached hydrogens (tertiary/aromatic N) is 2. The van der Waals surface area contributed by atoms with Crippen LogP contribution in [-0.2, 0) is 28.7 Å². The SMILES string of the molecule is C=CCCC(=O)NC[C@@H](OC(=O)[C@@H]1[C@@H]2CC[C@]3(O2)[C@H](C(=O)N(CC=C)c2ccc4ccccc4c2)N([C@@H](CO)[C@@H](C)CC)C(=O)[C@@H]13)c1ccccc1. The summed E-state index contributed by atoms with van der Waals surface area (Å²) >= 11 is 0. The zero-order chi connectivity index (χ0) is 37.0. The third kappa shape index (κ3) is 6.77. The van der Waals surface area contributed by atoms with E-state index >= 15 is 4.79 Å². The molecule has 10 heteroatoms. The van der Waals surface area contributed by atoms with Crippen molar-refractivity contribution >= 4 is 40.2 Å². The number of hydrogen-bond acceptors (Lipinski definition) is 7. The minimum atomic E-state index is -1.30. The summed E-state index contributed by atoms with van der Waals surface area (Å²) in [6.45, 7) is 11.4. The average Bonchev–Trinajstić information content (AvgIpc) is 3.82. The van der Waals surface area contributed by atoms with Crippen LogP contribution in [0.4, 0.5) is 5.69 Å². The number of nitrogens with one attached hydrogen (secondary N) is 1. The molecule has 0 radical (unpaired) electrons. The van der Waals surface area contributed by atoms with Crippen LogP contribution in [0.25, 0.3) is 10.8 Å². The van der Waals surface area contributed by atoms with E-state index in [0.29, 0.717) is 36.9 Å². The lowest BCUT2D eigenvalue weighted by Gasteiger charge is -2.41. The summed E-state index contributed by atoms with van der Waals surface area (Å²) in [7, 11) is 0. The molecule has 3 heterocycles. The number of esters is 1. The van der Waals surface area contributed by atoms with Gasteiger partial charge in [0, 0.05) is 18.7 Å². The van der Waals surface area contributed by atoms with Crippen LogP contribution in [-0.4, -0.2) is 77.2 Å². The fourth-order valence-electron chi connectivity index (χ4n) is 8.40. The molecule has 2 N–H and O–H groups in total. The molecule has 10 nitrogen and oxygen atoms in total. The number of rotatable bonds is 16. The van der Waals surface area contributed by atoms with Crippen molar-refractivity contribution in [1.29, 1.82) is 0 Å². The van der Waals surface area contributed by atoms with E-state index in [0.717, 1.165) is 10.8 Å². The molecular formula is C42H49N3O7. The quantitative estimate of drug-likeness (QED) is 0.149. The number of anilines is 1. The van der Waals surface area contributed by atoms with Crippen molar-refractivity contribution in [2.45, 2.75) is 75.8 Å². The van der Waals surface area contributed by atoms with Gasteiger partial charge in [0.25, 0.3) is 5.91 Å². The number of aliphatic hydroxyl groups is 1. The Balaban J connectivity index is 1.36. The second-order valence-electron chi connectivity index (χ2n) is 14.2. The number of aliphatic hydroxyl groups excluding tert-OH is 1. The summed E-state index contributed by atoms with van der Waals surface area (Å²) in [6.07, 6.45) is 4.14. The molecule has 0 saturated carbocycles. The number of fused-ring (bicyclic) bond motifs is 2. The van der Waals surface area contributed by atoms with Gasteiger partial charge < -0.3 is 29.7 Å². The summed E-state index contributed by atoms with van der Waals surface area (Å²) in [5.74, 6) is -3.69. The normalized spacial score (nSPS) is 24.9. The number of allylic oxidation sites excluding steroid dienone is 1. The summed E-state index contributed by atoms with van der Waals surface area (Å²) in [6, 6.07) is 21.0. The molecule has 3 aromatic rings. The molecule has 6 rings (SSSR count). The lowest BCUT2D eigenvalue weighted by Crippen LogP contribution is -2.60. The first-order valence-corrected chi connectivity index (χ1v) is 18.3. The van der Waals surface area contributed by atoms with Gasteiger partial charge in [-0.05, 0) is 53.6 Å². The molecule has 0 aromatic heterocycles. The van der Waals surface area contributed by atoms with E-state index in [9.17, 15) is 19.5 Å². The van der Waals surface area contributed by atoms with E-state index in [1.54, 1.807) is 17.1 Å². The molecule has 3 aliphatic heterocycles. The molecule has 0 aliphatic carbocycles. The highest BCUT2D eigenvalue weighted by molar-refractivity contribution is 6.05. The van der Waals surface area contributed by atoms with Crippen LogP contribution in [0.2, 0.25) is 0 Å². The lowest BCUT2D eigenvalue weighted by molar-refractivity contribution is -0.161. The predicted molar refractivity (Wildman–Crippen MR) is 199 cm³/mol. The number of carbonyl (C=O) groups is 4. The van der Waals surface area contributed by atoms with Gasteiger partial charge in [0.15, 0.2) is 0 Å². The minimum absolute atomic E-state index is 0.0455. The zero-order valence-corrected chi connectivity index (χ0v) is 30.0. The Bertz CT molecular complexity index is 1810. The van der Waals surface area contributed by atoms with Crippen LogP contribution >= 0.6 is 0 Å². The number of likely N-dealkylation sites (tertiary alicyclic amines) is 1. The second kappa shape index (κ2) is 15.8. The van der Waals surface area contributed by atoms with Crippen LogP contribution < -0.4 is 10.2 Å². The number of benzene rings is 3. The minimum Gasteiger partial charge on any atom is -0.455 e. The molecule has 3 fully saturated rings. The van der Waals surface area contributed by atoms with Gasteiger partial charge in [-0.25, -0.2) is 0 Å². The highest BCUT2D eigenvalue weighted by atomic mass is 16.6. The van der Waals surface area contributed by atoms with Gasteiger partial charge in [-0.1, -0.05) is 93.1 Å². The summed E-state index contributed by atoms with van der Waals surface area (Å²) in [5, 5.41) is 15.6. The van der Waals surface area contributed by atoms with Crippen molar-refractivity contribution in [1.82, 2.24) is 10.2 Å². The van der Waals surface area contributed by atoms with E-state index < -0.39 is 53.6 Å². The van der Waals surface area contributed by atoms with Crippen LogP contribution in [0, 0.1) is 17.8 Å². The summed E-state index contributed by atoms with van der Waals surface area (Å²) in [5.41, 5.74) is 0.0313. The molecule has 52 heavy (non-hydrogen) atoms. The fourth-order valence-corrected chi connectivity index (χ4v) is 8.40. The van der Waals surface area contributed by atoms with Crippen LogP contribution in [0.15, 0.2) is 98.1 Å². The molecule has 3 saturated heterocycles. The summed E-state index contributed by atoms with van der Waals surface area (Å²) < 4.78 is 12.9. The van der Waals surface area contributed by atoms with Crippen LogP contribution in [0.1, 0.15) is 57.6 Å². The zero-order valence-electron chi connectivity index (χ0n) is 30.0. The van der Waals surface area contributed by atoms with E-state index in [4.69, 9.17) is 9.47 Å². The van der Waals surface area contributed by atoms with Crippen LogP contribution in [0.5, 0.6) is 0 Å². The van der Waals surface area contributed by atoms with Crippen molar-refractivity contribution in [3.8, 4) is 0 Å².